The van der Waals surface area contributed by atoms with Crippen molar-refractivity contribution >= 4 is 0 Å². The highest BCUT2D eigenvalue weighted by Crippen LogP contribution is 2.25. The Bertz CT molecular complexity index is 377. The van der Waals surface area contributed by atoms with E-state index in [2.05, 4.69) is 43.0 Å². The summed E-state index contributed by atoms with van der Waals surface area (Å²) in [5.41, 5.74) is 8.57. The van der Waals surface area contributed by atoms with E-state index >= 15 is 0 Å². The third-order valence-corrected chi connectivity index (χ3v) is 4.52. The summed E-state index contributed by atoms with van der Waals surface area (Å²) in [5, 5.41) is 0. The van der Waals surface area contributed by atoms with E-state index in [0.29, 0.717) is 5.92 Å². The van der Waals surface area contributed by atoms with E-state index in [4.69, 9.17) is 5.73 Å². The average Bonchev–Trinajstić information content (AvgIpc) is 2.98. The highest BCUT2D eigenvalue weighted by atomic mass is 15.2. The standard InChI is InChI=1S/C18H30N2/c1-15(2)17-10-8-16(9-11-17)14-20(13-5-12-19)18-6-3-4-7-18/h8-11,15,18H,3-7,12-14,19H2,1-2H3. The molecule has 1 aliphatic rings. The van der Waals surface area contributed by atoms with Crippen LogP contribution in [0.3, 0.4) is 0 Å². The van der Waals surface area contributed by atoms with E-state index in [1.807, 2.05) is 0 Å². The average molecular weight is 274 g/mol. The van der Waals surface area contributed by atoms with Gasteiger partial charge in [-0.2, -0.15) is 0 Å². The maximum atomic E-state index is 5.70. The maximum Gasteiger partial charge on any atom is 0.0236 e. The zero-order valence-corrected chi connectivity index (χ0v) is 13.1. The second kappa shape index (κ2) is 7.80. The van der Waals surface area contributed by atoms with Crippen molar-refractivity contribution < 1.29 is 0 Å². The van der Waals surface area contributed by atoms with Gasteiger partial charge in [0.25, 0.3) is 0 Å². The molecule has 2 nitrogen and oxygen atoms in total. The zero-order valence-electron chi connectivity index (χ0n) is 13.1. The lowest BCUT2D eigenvalue weighted by Crippen LogP contribution is -2.34. The molecule has 0 bridgehead atoms. The lowest BCUT2D eigenvalue weighted by atomic mass is 10.0. The van der Waals surface area contributed by atoms with Gasteiger partial charge in [0, 0.05) is 12.6 Å². The molecule has 0 amide bonds. The Kier molecular flexibility index (Phi) is 6.06. The highest BCUT2D eigenvalue weighted by Gasteiger charge is 2.22. The molecular weight excluding hydrogens is 244 g/mol. The highest BCUT2D eigenvalue weighted by molar-refractivity contribution is 5.24. The molecule has 2 N–H and O–H groups in total. The second-order valence-electron chi connectivity index (χ2n) is 6.45. The van der Waals surface area contributed by atoms with Crippen molar-refractivity contribution in [1.82, 2.24) is 4.90 Å². The van der Waals surface area contributed by atoms with E-state index in [1.54, 1.807) is 0 Å². The molecule has 1 aromatic rings. The van der Waals surface area contributed by atoms with Gasteiger partial charge in [-0.1, -0.05) is 51.0 Å². The van der Waals surface area contributed by atoms with Crippen molar-refractivity contribution in [3.05, 3.63) is 35.4 Å². The van der Waals surface area contributed by atoms with Crippen molar-refractivity contribution in [1.29, 1.82) is 0 Å². The Labute approximate surface area is 124 Å². The molecule has 0 atom stereocenters. The van der Waals surface area contributed by atoms with Crippen LogP contribution < -0.4 is 5.73 Å². The molecule has 0 aliphatic heterocycles. The van der Waals surface area contributed by atoms with E-state index in [-0.39, 0.29) is 0 Å². The van der Waals surface area contributed by atoms with Gasteiger partial charge in [-0.25, -0.2) is 0 Å². The molecule has 2 heteroatoms. The predicted octanol–water partition coefficient (Wildman–Crippen LogP) is 3.90. The third-order valence-electron chi connectivity index (χ3n) is 4.52. The molecule has 1 fully saturated rings. The molecule has 0 radical (unpaired) electrons. The molecule has 20 heavy (non-hydrogen) atoms. The van der Waals surface area contributed by atoms with Gasteiger partial charge < -0.3 is 5.73 Å². The Hall–Kier alpha value is -0.860. The summed E-state index contributed by atoms with van der Waals surface area (Å²) in [4.78, 5) is 2.66. The molecule has 1 aromatic carbocycles. The number of rotatable bonds is 7. The summed E-state index contributed by atoms with van der Waals surface area (Å²) in [6.45, 7) is 7.54. The molecule has 112 valence electrons. The van der Waals surface area contributed by atoms with Crippen LogP contribution >= 0.6 is 0 Å². The second-order valence-corrected chi connectivity index (χ2v) is 6.45. The largest absolute Gasteiger partial charge is 0.330 e. The lowest BCUT2D eigenvalue weighted by Gasteiger charge is -2.29. The number of hydrogen-bond acceptors (Lipinski definition) is 2. The SMILES string of the molecule is CC(C)c1ccc(CN(CCCN)C2CCCC2)cc1. The predicted molar refractivity (Wildman–Crippen MR) is 86.9 cm³/mol. The molecule has 0 unspecified atom stereocenters. The number of nitrogens with two attached hydrogens (primary N) is 1. The Morgan fingerprint density at radius 2 is 1.80 bits per heavy atom. The van der Waals surface area contributed by atoms with Crippen LogP contribution in [0.5, 0.6) is 0 Å². The first kappa shape index (κ1) is 15.5. The first-order valence-electron chi connectivity index (χ1n) is 8.23. The number of benzene rings is 1. The van der Waals surface area contributed by atoms with Crippen LogP contribution in [0, 0.1) is 0 Å². The minimum atomic E-state index is 0.618. The summed E-state index contributed by atoms with van der Waals surface area (Å²) in [6, 6.07) is 9.97. The van der Waals surface area contributed by atoms with Crippen molar-refractivity contribution in [2.75, 3.05) is 13.1 Å². The molecule has 1 aliphatic carbocycles. The van der Waals surface area contributed by atoms with Gasteiger partial charge in [0.1, 0.15) is 0 Å². The van der Waals surface area contributed by atoms with E-state index < -0.39 is 0 Å². The molecule has 0 saturated heterocycles. The normalized spacial score (nSPS) is 16.4. The summed E-state index contributed by atoms with van der Waals surface area (Å²) >= 11 is 0. The van der Waals surface area contributed by atoms with Crippen molar-refractivity contribution in [2.45, 2.75) is 64.5 Å². The monoisotopic (exact) mass is 274 g/mol. The minimum Gasteiger partial charge on any atom is -0.330 e. The van der Waals surface area contributed by atoms with Gasteiger partial charge in [0.2, 0.25) is 0 Å². The number of nitrogens with zero attached hydrogens (tertiary/aromatic N) is 1. The first-order valence-corrected chi connectivity index (χ1v) is 8.23. The quantitative estimate of drug-likeness (QED) is 0.817. The summed E-state index contributed by atoms with van der Waals surface area (Å²) in [7, 11) is 0. The fourth-order valence-corrected chi connectivity index (χ4v) is 3.20. The van der Waals surface area contributed by atoms with E-state index in [1.165, 1.54) is 36.8 Å². The van der Waals surface area contributed by atoms with E-state index in [0.717, 1.165) is 32.1 Å². The van der Waals surface area contributed by atoms with Gasteiger partial charge in [-0.05, 0) is 49.4 Å². The molecule has 2 rings (SSSR count). The maximum absolute atomic E-state index is 5.70. The van der Waals surface area contributed by atoms with Crippen molar-refractivity contribution in [3.8, 4) is 0 Å². The first-order chi connectivity index (χ1) is 9.70. The van der Waals surface area contributed by atoms with Crippen LogP contribution in [0.2, 0.25) is 0 Å². The Morgan fingerprint density at radius 3 is 2.35 bits per heavy atom. The molecule has 1 saturated carbocycles. The summed E-state index contributed by atoms with van der Waals surface area (Å²) in [5.74, 6) is 0.618. The zero-order chi connectivity index (χ0) is 14.4. The van der Waals surface area contributed by atoms with Crippen LogP contribution in [0.1, 0.15) is 63.0 Å². The fraction of sp³-hybridized carbons (Fsp3) is 0.667. The van der Waals surface area contributed by atoms with Gasteiger partial charge in [-0.15, -0.1) is 0 Å². The molecular formula is C18H30N2. The van der Waals surface area contributed by atoms with Gasteiger partial charge in [-0.3, -0.25) is 4.90 Å². The smallest absolute Gasteiger partial charge is 0.0236 e. The molecule has 0 heterocycles. The van der Waals surface area contributed by atoms with Crippen LogP contribution in [0.15, 0.2) is 24.3 Å². The lowest BCUT2D eigenvalue weighted by molar-refractivity contribution is 0.188. The minimum absolute atomic E-state index is 0.618. The molecule has 0 aromatic heterocycles. The van der Waals surface area contributed by atoms with Crippen molar-refractivity contribution in [3.63, 3.8) is 0 Å². The molecule has 0 spiro atoms. The Morgan fingerprint density at radius 1 is 1.15 bits per heavy atom. The van der Waals surface area contributed by atoms with Crippen LogP contribution in [0.4, 0.5) is 0 Å². The van der Waals surface area contributed by atoms with Gasteiger partial charge in [0.05, 0.1) is 0 Å². The topological polar surface area (TPSA) is 29.3 Å². The Balaban J connectivity index is 1.98. The summed E-state index contributed by atoms with van der Waals surface area (Å²) < 4.78 is 0. The van der Waals surface area contributed by atoms with Crippen LogP contribution in [-0.4, -0.2) is 24.0 Å². The van der Waals surface area contributed by atoms with Crippen LogP contribution in [-0.2, 0) is 6.54 Å². The summed E-state index contributed by atoms with van der Waals surface area (Å²) in [6.07, 6.45) is 6.65. The third kappa shape index (κ3) is 4.32. The van der Waals surface area contributed by atoms with Crippen molar-refractivity contribution in [2.24, 2.45) is 5.73 Å². The number of hydrogen-bond donors (Lipinski definition) is 1. The van der Waals surface area contributed by atoms with Crippen LogP contribution in [0.25, 0.3) is 0 Å². The fourth-order valence-electron chi connectivity index (χ4n) is 3.20. The van der Waals surface area contributed by atoms with Gasteiger partial charge >= 0.3 is 0 Å². The van der Waals surface area contributed by atoms with Gasteiger partial charge in [0.15, 0.2) is 0 Å². The van der Waals surface area contributed by atoms with E-state index in [9.17, 15) is 0 Å².